The van der Waals surface area contributed by atoms with Gasteiger partial charge in [0.25, 0.3) is 11.8 Å². The van der Waals surface area contributed by atoms with E-state index in [1.165, 1.54) is 4.90 Å². The van der Waals surface area contributed by atoms with Gasteiger partial charge in [-0.3, -0.25) is 19.2 Å². The van der Waals surface area contributed by atoms with Gasteiger partial charge in [0, 0.05) is 18.9 Å². The van der Waals surface area contributed by atoms with Crippen molar-refractivity contribution in [1.29, 1.82) is 0 Å². The number of ketones is 1. The minimum atomic E-state index is -2.97. The molecule has 4 amide bonds. The molecule has 1 aliphatic heterocycles. The molecule has 1 saturated heterocycles. The van der Waals surface area contributed by atoms with Crippen molar-refractivity contribution in [3.63, 3.8) is 0 Å². The minimum absolute atomic E-state index is 0.0117. The van der Waals surface area contributed by atoms with E-state index in [0.29, 0.717) is 0 Å². The van der Waals surface area contributed by atoms with Crippen molar-refractivity contribution in [2.24, 2.45) is 34.3 Å². The zero-order valence-corrected chi connectivity index (χ0v) is 23.3. The van der Waals surface area contributed by atoms with Crippen LogP contribution in [0.1, 0.15) is 68.2 Å². The fraction of sp³-hybridized carbons (Fsp3) is 0.808. The van der Waals surface area contributed by atoms with Gasteiger partial charge < -0.3 is 26.0 Å². The standard InChI is InChI=1S/C26H40F2N4O6/c1-23(2,3)18(31-22(37)38-24(4,5)6)21(36)32-11-13-15(25(13,7)8)16(32)20(35)30-14(17(33)19(29)34)9-12-10-26(12,27)28/h12-16,18H,9-11H2,1-8H3,(H2,29,34)(H,30,35)(H,31,37)/t12?,13-,14?,15-,16-,18+/m0/s1. The molecule has 2 aliphatic carbocycles. The number of hydrogen-bond donors (Lipinski definition) is 3. The predicted molar refractivity (Wildman–Crippen MR) is 133 cm³/mol. The molecule has 0 aromatic rings. The summed E-state index contributed by atoms with van der Waals surface area (Å²) in [6.07, 6.45) is -1.65. The number of rotatable bonds is 8. The molecule has 2 saturated carbocycles. The van der Waals surface area contributed by atoms with Gasteiger partial charge in [0.05, 0.1) is 6.04 Å². The lowest BCUT2D eigenvalue weighted by Gasteiger charge is -2.38. The number of nitrogens with zero attached hydrogens (tertiary/aromatic N) is 1. The summed E-state index contributed by atoms with van der Waals surface area (Å²) in [6, 6.07) is -3.58. The number of carbonyl (C=O) groups excluding carboxylic acids is 5. The van der Waals surface area contributed by atoms with Gasteiger partial charge >= 0.3 is 6.09 Å². The first kappa shape index (κ1) is 29.8. The van der Waals surface area contributed by atoms with E-state index < -0.39 is 83.4 Å². The normalized spacial score (nSPS) is 28.4. The van der Waals surface area contributed by atoms with Crippen LogP contribution in [0.5, 0.6) is 0 Å². The van der Waals surface area contributed by atoms with Crippen molar-refractivity contribution in [1.82, 2.24) is 15.5 Å². The molecule has 0 spiro atoms. The maximum Gasteiger partial charge on any atom is 0.408 e. The lowest BCUT2D eigenvalue weighted by Crippen LogP contribution is -2.60. The molecule has 6 atom stereocenters. The van der Waals surface area contributed by atoms with E-state index in [9.17, 15) is 32.8 Å². The Morgan fingerprint density at radius 2 is 1.61 bits per heavy atom. The molecule has 3 aliphatic rings. The fourth-order valence-corrected chi connectivity index (χ4v) is 5.52. The first-order chi connectivity index (χ1) is 17.1. The molecule has 4 N–H and O–H groups in total. The molecule has 214 valence electrons. The first-order valence-corrected chi connectivity index (χ1v) is 12.9. The van der Waals surface area contributed by atoms with Crippen molar-refractivity contribution >= 4 is 29.6 Å². The predicted octanol–water partition coefficient (Wildman–Crippen LogP) is 1.99. The van der Waals surface area contributed by atoms with Gasteiger partial charge in [-0.15, -0.1) is 0 Å². The van der Waals surface area contributed by atoms with Crippen LogP contribution in [0.2, 0.25) is 0 Å². The Hall–Kier alpha value is -2.79. The Morgan fingerprint density at radius 1 is 1.05 bits per heavy atom. The number of amides is 4. The van der Waals surface area contributed by atoms with E-state index in [1.807, 2.05) is 13.8 Å². The summed E-state index contributed by atoms with van der Waals surface area (Å²) in [5.74, 6) is -8.09. The number of primary amides is 1. The number of ether oxygens (including phenoxy) is 1. The van der Waals surface area contributed by atoms with Gasteiger partial charge in [-0.05, 0) is 49.9 Å². The number of nitrogens with two attached hydrogens (primary N) is 1. The second-order valence-electron chi connectivity index (χ2n) is 13.5. The molecule has 1 heterocycles. The highest BCUT2D eigenvalue weighted by Gasteiger charge is 2.70. The number of Topliss-reactive ketones (excluding diaryl/α,β-unsaturated/α-hetero) is 1. The molecular formula is C26H40F2N4O6. The maximum atomic E-state index is 13.8. The van der Waals surface area contributed by atoms with Crippen LogP contribution < -0.4 is 16.4 Å². The molecule has 0 radical (unpaired) electrons. The van der Waals surface area contributed by atoms with Gasteiger partial charge in [-0.1, -0.05) is 34.6 Å². The highest BCUT2D eigenvalue weighted by atomic mass is 19.3. The molecule has 12 heteroatoms. The monoisotopic (exact) mass is 542 g/mol. The van der Waals surface area contributed by atoms with E-state index in [1.54, 1.807) is 41.5 Å². The van der Waals surface area contributed by atoms with E-state index in [-0.39, 0.29) is 23.8 Å². The summed E-state index contributed by atoms with van der Waals surface area (Å²) in [4.78, 5) is 65.3. The van der Waals surface area contributed by atoms with Crippen molar-refractivity contribution in [3.8, 4) is 0 Å². The van der Waals surface area contributed by atoms with Gasteiger partial charge in [0.15, 0.2) is 0 Å². The first-order valence-electron chi connectivity index (χ1n) is 12.9. The number of fused-ring (bicyclic) bond motifs is 1. The number of piperidine rings is 1. The third kappa shape index (κ3) is 6.09. The number of likely N-dealkylation sites (tertiary alicyclic amines) is 1. The summed E-state index contributed by atoms with van der Waals surface area (Å²) in [5.41, 5.74) is 3.30. The summed E-state index contributed by atoms with van der Waals surface area (Å²) in [7, 11) is 0. The Bertz CT molecular complexity index is 1030. The Kier molecular flexibility index (Phi) is 7.40. The third-order valence-electron chi connectivity index (χ3n) is 7.89. The molecule has 0 bridgehead atoms. The van der Waals surface area contributed by atoms with Gasteiger partial charge in [-0.25, -0.2) is 13.6 Å². The summed E-state index contributed by atoms with van der Waals surface area (Å²) >= 11 is 0. The molecule has 38 heavy (non-hydrogen) atoms. The average molecular weight is 543 g/mol. The smallest absolute Gasteiger partial charge is 0.408 e. The van der Waals surface area contributed by atoms with E-state index >= 15 is 0 Å². The summed E-state index contributed by atoms with van der Waals surface area (Å²) in [6.45, 7) is 14.5. The second-order valence-corrected chi connectivity index (χ2v) is 13.5. The van der Waals surface area contributed by atoms with E-state index in [4.69, 9.17) is 10.5 Å². The molecule has 3 rings (SSSR count). The van der Waals surface area contributed by atoms with Gasteiger partial charge in [-0.2, -0.15) is 0 Å². The van der Waals surface area contributed by atoms with Crippen LogP contribution in [0.15, 0.2) is 0 Å². The molecule has 10 nitrogen and oxygen atoms in total. The zero-order chi connectivity index (χ0) is 29.2. The Balaban J connectivity index is 1.84. The van der Waals surface area contributed by atoms with Gasteiger partial charge in [0.1, 0.15) is 17.7 Å². The van der Waals surface area contributed by atoms with Crippen LogP contribution in [0.4, 0.5) is 13.6 Å². The SMILES string of the molecule is CC(C)(C)OC(=O)N[C@H](C(=O)N1C[C@H]2[C@@H]([C@H]1C(=O)NC(CC1CC1(F)F)C(=O)C(N)=O)C2(C)C)C(C)(C)C. The average Bonchev–Trinajstić information content (AvgIpc) is 3.39. The maximum absolute atomic E-state index is 13.8. The van der Waals surface area contributed by atoms with Crippen molar-refractivity contribution in [2.75, 3.05) is 6.54 Å². The number of halogens is 2. The van der Waals surface area contributed by atoms with Crippen LogP contribution in [-0.4, -0.2) is 70.7 Å². The zero-order valence-electron chi connectivity index (χ0n) is 23.3. The van der Waals surface area contributed by atoms with Crippen LogP contribution in [0.3, 0.4) is 0 Å². The second kappa shape index (κ2) is 9.44. The van der Waals surface area contributed by atoms with Crippen LogP contribution in [0, 0.1) is 28.6 Å². The Morgan fingerprint density at radius 3 is 2.05 bits per heavy atom. The summed E-state index contributed by atoms with van der Waals surface area (Å²) < 4.78 is 32.5. The molecular weight excluding hydrogens is 502 g/mol. The van der Waals surface area contributed by atoms with Crippen molar-refractivity contribution in [3.05, 3.63) is 0 Å². The lowest BCUT2D eigenvalue weighted by molar-refractivity contribution is -0.145. The topological polar surface area (TPSA) is 148 Å². The highest BCUT2D eigenvalue weighted by molar-refractivity contribution is 6.37. The van der Waals surface area contributed by atoms with Crippen LogP contribution in [0.25, 0.3) is 0 Å². The van der Waals surface area contributed by atoms with E-state index in [0.717, 1.165) is 0 Å². The van der Waals surface area contributed by atoms with Crippen LogP contribution in [-0.2, 0) is 23.9 Å². The quantitative estimate of drug-likeness (QED) is 0.400. The van der Waals surface area contributed by atoms with E-state index in [2.05, 4.69) is 10.6 Å². The number of nitrogens with one attached hydrogen (secondary N) is 2. The Labute approximate surface area is 221 Å². The van der Waals surface area contributed by atoms with Gasteiger partial charge in [0.2, 0.25) is 17.6 Å². The number of hydrogen-bond acceptors (Lipinski definition) is 6. The van der Waals surface area contributed by atoms with Crippen molar-refractivity contribution < 1.29 is 37.5 Å². The number of alkyl halides is 2. The lowest BCUT2D eigenvalue weighted by atomic mass is 9.85. The third-order valence-corrected chi connectivity index (χ3v) is 7.89. The minimum Gasteiger partial charge on any atom is -0.444 e. The fourth-order valence-electron chi connectivity index (χ4n) is 5.52. The summed E-state index contributed by atoms with van der Waals surface area (Å²) in [5, 5.41) is 5.08. The molecule has 0 aromatic carbocycles. The molecule has 0 aromatic heterocycles. The van der Waals surface area contributed by atoms with Crippen LogP contribution >= 0.6 is 0 Å². The molecule has 3 fully saturated rings. The van der Waals surface area contributed by atoms with Crippen molar-refractivity contribution in [2.45, 2.75) is 97.9 Å². The molecule has 2 unspecified atom stereocenters. The largest absolute Gasteiger partial charge is 0.444 e. The highest BCUT2D eigenvalue weighted by Crippen LogP contribution is 2.65. The number of alkyl carbamates (subject to hydrolysis) is 1. The number of carbonyl (C=O) groups is 5.